The third-order valence-corrected chi connectivity index (χ3v) is 3.61. The zero-order valence-electron chi connectivity index (χ0n) is 12.4. The Bertz CT molecular complexity index is 613. The van der Waals surface area contributed by atoms with E-state index in [4.69, 9.17) is 0 Å². The van der Waals surface area contributed by atoms with Crippen molar-refractivity contribution in [2.45, 2.75) is 39.0 Å². The molecule has 108 valence electrons. The average molecular weight is 291 g/mol. The number of hydrogen-bond acceptors (Lipinski definition) is 3. The Balaban J connectivity index is 1.88. The van der Waals surface area contributed by atoms with E-state index in [0.29, 0.717) is 5.75 Å². The maximum absolute atomic E-state index is 11.7. The zero-order valence-corrected chi connectivity index (χ0v) is 13.3. The first-order valence-electron chi connectivity index (χ1n) is 6.66. The fourth-order valence-electron chi connectivity index (χ4n) is 1.93. The number of imidazole rings is 1. The predicted octanol–water partition coefficient (Wildman–Crippen LogP) is 2.79. The number of rotatable bonds is 4. The average Bonchev–Trinajstić information content (AvgIpc) is 2.68. The van der Waals surface area contributed by atoms with Crippen LogP contribution in [0.2, 0.25) is 0 Å². The highest BCUT2D eigenvalue weighted by Crippen LogP contribution is 2.14. The molecule has 0 aliphatic carbocycles. The van der Waals surface area contributed by atoms with Crippen molar-refractivity contribution < 1.29 is 4.79 Å². The molecule has 2 heterocycles. The molecule has 0 saturated heterocycles. The fraction of sp³-hybridized carbons (Fsp3) is 0.467. The monoisotopic (exact) mass is 291 g/mol. The molecule has 0 spiro atoms. The molecule has 2 aromatic heterocycles. The minimum Gasteiger partial charge on any atom is -0.351 e. The van der Waals surface area contributed by atoms with Crippen LogP contribution in [0.25, 0.3) is 5.65 Å². The number of fused-ring (bicyclic) bond motifs is 1. The van der Waals surface area contributed by atoms with Crippen LogP contribution in [0.15, 0.2) is 24.5 Å². The summed E-state index contributed by atoms with van der Waals surface area (Å²) in [5.74, 6) is 1.28. The SMILES string of the molecule is Cc1ccc2nc(CSCC(=O)NC(C)(C)C)cn2c1. The molecule has 5 heteroatoms. The molecule has 1 N–H and O–H groups in total. The van der Waals surface area contributed by atoms with Crippen molar-refractivity contribution in [1.82, 2.24) is 14.7 Å². The van der Waals surface area contributed by atoms with Gasteiger partial charge in [0.25, 0.3) is 0 Å². The predicted molar refractivity (Wildman–Crippen MR) is 84.0 cm³/mol. The van der Waals surface area contributed by atoms with Crippen LogP contribution >= 0.6 is 11.8 Å². The Kier molecular flexibility index (Phi) is 4.38. The molecule has 0 saturated carbocycles. The third kappa shape index (κ3) is 4.27. The number of pyridine rings is 1. The second-order valence-corrected chi connectivity index (χ2v) is 6.98. The van der Waals surface area contributed by atoms with E-state index in [9.17, 15) is 4.79 Å². The summed E-state index contributed by atoms with van der Waals surface area (Å²) in [6.07, 6.45) is 4.08. The van der Waals surface area contributed by atoms with Gasteiger partial charge < -0.3 is 9.72 Å². The van der Waals surface area contributed by atoms with Gasteiger partial charge in [0.1, 0.15) is 5.65 Å². The number of nitrogens with zero attached hydrogens (tertiary/aromatic N) is 2. The van der Waals surface area contributed by atoms with Crippen LogP contribution in [0.3, 0.4) is 0 Å². The second kappa shape index (κ2) is 5.87. The van der Waals surface area contributed by atoms with Crippen molar-refractivity contribution in [3.63, 3.8) is 0 Å². The quantitative estimate of drug-likeness (QED) is 0.942. The van der Waals surface area contributed by atoms with E-state index in [2.05, 4.69) is 29.5 Å². The Morgan fingerprint density at radius 2 is 2.10 bits per heavy atom. The molecule has 0 radical (unpaired) electrons. The van der Waals surface area contributed by atoms with E-state index in [1.54, 1.807) is 11.8 Å². The van der Waals surface area contributed by atoms with Crippen molar-refractivity contribution >= 4 is 23.3 Å². The lowest BCUT2D eigenvalue weighted by Gasteiger charge is -2.20. The number of nitrogens with one attached hydrogen (secondary N) is 1. The van der Waals surface area contributed by atoms with Gasteiger partial charge in [-0.2, -0.15) is 0 Å². The molecule has 2 aromatic rings. The first-order chi connectivity index (χ1) is 9.33. The molecule has 20 heavy (non-hydrogen) atoms. The lowest BCUT2D eigenvalue weighted by Crippen LogP contribution is -2.41. The molecule has 0 aromatic carbocycles. The van der Waals surface area contributed by atoms with E-state index in [-0.39, 0.29) is 11.4 Å². The third-order valence-electron chi connectivity index (χ3n) is 2.65. The summed E-state index contributed by atoms with van der Waals surface area (Å²) in [5.41, 5.74) is 2.99. The highest BCUT2D eigenvalue weighted by molar-refractivity contribution is 7.99. The van der Waals surface area contributed by atoms with Gasteiger partial charge in [-0.3, -0.25) is 4.79 Å². The zero-order chi connectivity index (χ0) is 14.8. The molecule has 0 bridgehead atoms. The number of aromatic nitrogens is 2. The van der Waals surface area contributed by atoms with Crippen LogP contribution in [-0.4, -0.2) is 26.6 Å². The standard InChI is InChI=1S/C15H21N3OS/c1-11-5-6-13-16-12(8-18(13)7-11)9-20-10-14(19)17-15(2,3)4/h5-8H,9-10H2,1-4H3,(H,17,19). The first-order valence-corrected chi connectivity index (χ1v) is 7.82. The summed E-state index contributed by atoms with van der Waals surface area (Å²) >= 11 is 1.59. The van der Waals surface area contributed by atoms with Gasteiger partial charge in [0.15, 0.2) is 0 Å². The van der Waals surface area contributed by atoms with E-state index >= 15 is 0 Å². The Morgan fingerprint density at radius 1 is 1.35 bits per heavy atom. The summed E-state index contributed by atoms with van der Waals surface area (Å²) < 4.78 is 2.03. The van der Waals surface area contributed by atoms with Crippen molar-refractivity contribution in [3.05, 3.63) is 35.8 Å². The molecule has 0 unspecified atom stereocenters. The number of carbonyl (C=O) groups is 1. The van der Waals surface area contributed by atoms with Gasteiger partial charge >= 0.3 is 0 Å². The van der Waals surface area contributed by atoms with Crippen LogP contribution in [0.5, 0.6) is 0 Å². The van der Waals surface area contributed by atoms with Gasteiger partial charge in [-0.15, -0.1) is 11.8 Å². The Hall–Kier alpha value is -1.49. The lowest BCUT2D eigenvalue weighted by molar-refractivity contribution is -0.119. The number of thioether (sulfide) groups is 1. The van der Waals surface area contributed by atoms with Gasteiger partial charge in [-0.1, -0.05) is 6.07 Å². The highest BCUT2D eigenvalue weighted by Gasteiger charge is 2.13. The summed E-state index contributed by atoms with van der Waals surface area (Å²) in [4.78, 5) is 16.2. The van der Waals surface area contributed by atoms with E-state index < -0.39 is 0 Å². The highest BCUT2D eigenvalue weighted by atomic mass is 32.2. The molecule has 1 amide bonds. The fourth-order valence-corrected chi connectivity index (χ4v) is 2.64. The number of amides is 1. The molecular weight excluding hydrogens is 270 g/mol. The molecule has 0 aliphatic rings. The first kappa shape index (κ1) is 14.9. The minimum atomic E-state index is -0.168. The summed E-state index contributed by atoms with van der Waals surface area (Å²) in [6, 6.07) is 4.06. The number of aryl methyl sites for hydroxylation is 1. The maximum Gasteiger partial charge on any atom is 0.230 e. The molecular formula is C15H21N3OS. The largest absolute Gasteiger partial charge is 0.351 e. The smallest absolute Gasteiger partial charge is 0.230 e. The molecule has 0 atom stereocenters. The van der Waals surface area contributed by atoms with Crippen LogP contribution < -0.4 is 5.32 Å². The van der Waals surface area contributed by atoms with E-state index in [1.807, 2.05) is 37.4 Å². The minimum absolute atomic E-state index is 0.0714. The normalized spacial score (nSPS) is 11.8. The van der Waals surface area contributed by atoms with Gasteiger partial charge in [-0.25, -0.2) is 4.98 Å². The molecule has 2 rings (SSSR count). The maximum atomic E-state index is 11.7. The molecule has 4 nitrogen and oxygen atoms in total. The van der Waals surface area contributed by atoms with Crippen molar-refractivity contribution in [2.24, 2.45) is 0 Å². The lowest BCUT2D eigenvalue weighted by atomic mass is 10.1. The second-order valence-electron chi connectivity index (χ2n) is 6.00. The van der Waals surface area contributed by atoms with Gasteiger partial charge in [0.2, 0.25) is 5.91 Å². The summed E-state index contributed by atoms with van der Waals surface area (Å²) in [7, 11) is 0. The molecule has 0 aliphatic heterocycles. The van der Waals surface area contributed by atoms with Crippen molar-refractivity contribution in [1.29, 1.82) is 0 Å². The number of hydrogen-bond donors (Lipinski definition) is 1. The Labute approximate surface area is 124 Å². The van der Waals surface area contributed by atoms with Crippen LogP contribution in [0.1, 0.15) is 32.0 Å². The summed E-state index contributed by atoms with van der Waals surface area (Å²) in [6.45, 7) is 8.02. The topological polar surface area (TPSA) is 46.4 Å². The van der Waals surface area contributed by atoms with E-state index in [1.165, 1.54) is 5.56 Å². The number of carbonyl (C=O) groups excluding carboxylic acids is 1. The van der Waals surface area contributed by atoms with Crippen molar-refractivity contribution in [2.75, 3.05) is 5.75 Å². The van der Waals surface area contributed by atoms with E-state index in [0.717, 1.165) is 17.1 Å². The van der Waals surface area contributed by atoms with Gasteiger partial charge in [0, 0.05) is 23.7 Å². The van der Waals surface area contributed by atoms with Gasteiger partial charge in [0.05, 0.1) is 11.4 Å². The molecule has 0 fully saturated rings. The van der Waals surface area contributed by atoms with Crippen LogP contribution in [0, 0.1) is 6.92 Å². The van der Waals surface area contributed by atoms with Crippen LogP contribution in [0.4, 0.5) is 0 Å². The van der Waals surface area contributed by atoms with Crippen molar-refractivity contribution in [3.8, 4) is 0 Å². The van der Waals surface area contributed by atoms with Gasteiger partial charge in [-0.05, 0) is 39.3 Å². The Morgan fingerprint density at radius 3 is 2.80 bits per heavy atom. The summed E-state index contributed by atoms with van der Waals surface area (Å²) in [5, 5.41) is 2.95. The van der Waals surface area contributed by atoms with Crippen LogP contribution in [-0.2, 0) is 10.5 Å².